The average molecular weight is 266 g/mol. The number of aromatic nitrogens is 1. The number of hydrogen-bond donors (Lipinski definition) is 1. The Morgan fingerprint density at radius 3 is 2.89 bits per heavy atom. The van der Waals surface area contributed by atoms with Gasteiger partial charge in [0.2, 0.25) is 0 Å². The molecule has 1 aromatic heterocycles. The summed E-state index contributed by atoms with van der Waals surface area (Å²) in [4.78, 5) is 24.9. The van der Waals surface area contributed by atoms with Gasteiger partial charge in [-0.2, -0.15) is 0 Å². The Morgan fingerprint density at radius 2 is 2.22 bits per heavy atom. The van der Waals surface area contributed by atoms with Crippen LogP contribution in [0.25, 0.3) is 10.9 Å². The molecule has 0 spiro atoms. The Hall–Kier alpha value is -1.81. The zero-order chi connectivity index (χ0) is 13.1. The molecule has 0 fully saturated rings. The molecule has 1 aromatic carbocycles. The lowest BCUT2D eigenvalue weighted by molar-refractivity contribution is -0.107. The second-order valence-electron chi connectivity index (χ2n) is 3.91. The van der Waals surface area contributed by atoms with Crippen molar-refractivity contribution < 1.29 is 14.3 Å². The summed E-state index contributed by atoms with van der Waals surface area (Å²) >= 11 is 6.00. The van der Waals surface area contributed by atoms with Crippen molar-refractivity contribution in [2.75, 3.05) is 7.11 Å². The van der Waals surface area contributed by atoms with Crippen molar-refractivity contribution in [3.8, 4) is 0 Å². The minimum Gasteiger partial charge on any atom is -0.464 e. The summed E-state index contributed by atoms with van der Waals surface area (Å²) in [5.41, 5.74) is 2.09. The van der Waals surface area contributed by atoms with Gasteiger partial charge in [-0.25, -0.2) is 4.79 Å². The molecule has 2 aromatic rings. The Labute approximate surface area is 109 Å². The summed E-state index contributed by atoms with van der Waals surface area (Å²) in [6.45, 7) is 0. The number of carbonyl (C=O) groups is 2. The van der Waals surface area contributed by atoms with Crippen LogP contribution < -0.4 is 0 Å². The van der Waals surface area contributed by atoms with Gasteiger partial charge in [0.05, 0.1) is 7.11 Å². The van der Waals surface area contributed by atoms with Gasteiger partial charge in [0.1, 0.15) is 12.0 Å². The van der Waals surface area contributed by atoms with Gasteiger partial charge in [0.15, 0.2) is 0 Å². The maximum Gasteiger partial charge on any atom is 0.354 e. The van der Waals surface area contributed by atoms with Crippen LogP contribution in [-0.2, 0) is 16.0 Å². The standard InChI is InChI=1S/C13H12ClNO3/c1-18-13(17)12-7-10-8(3-2-4-16)5-9(14)6-11(10)15-12/h4-7,15H,2-3H2,1H3. The van der Waals surface area contributed by atoms with Gasteiger partial charge in [-0.15, -0.1) is 0 Å². The number of aryl methyl sites for hydroxylation is 1. The van der Waals surface area contributed by atoms with Crippen LogP contribution in [0.2, 0.25) is 5.02 Å². The van der Waals surface area contributed by atoms with E-state index in [2.05, 4.69) is 9.72 Å². The Balaban J connectivity index is 2.52. The molecule has 0 atom stereocenters. The highest BCUT2D eigenvalue weighted by Gasteiger charge is 2.12. The third kappa shape index (κ3) is 2.38. The molecule has 1 N–H and O–H groups in total. The largest absolute Gasteiger partial charge is 0.464 e. The number of benzene rings is 1. The predicted octanol–water partition coefficient (Wildman–Crippen LogP) is 2.74. The molecule has 0 unspecified atom stereocenters. The van der Waals surface area contributed by atoms with Crippen molar-refractivity contribution in [3.63, 3.8) is 0 Å². The van der Waals surface area contributed by atoms with E-state index in [-0.39, 0.29) is 0 Å². The van der Waals surface area contributed by atoms with Crippen LogP contribution in [-0.4, -0.2) is 24.3 Å². The topological polar surface area (TPSA) is 59.2 Å². The van der Waals surface area contributed by atoms with E-state index >= 15 is 0 Å². The van der Waals surface area contributed by atoms with Crippen LogP contribution in [0, 0.1) is 0 Å². The number of hydrogen-bond acceptors (Lipinski definition) is 3. The van der Waals surface area contributed by atoms with Crippen molar-refractivity contribution in [2.24, 2.45) is 0 Å². The quantitative estimate of drug-likeness (QED) is 0.683. The number of rotatable bonds is 4. The molecule has 2 rings (SSSR count). The van der Waals surface area contributed by atoms with Crippen molar-refractivity contribution in [2.45, 2.75) is 12.8 Å². The molecule has 0 amide bonds. The Bertz CT molecular complexity index is 604. The van der Waals surface area contributed by atoms with Crippen molar-refractivity contribution in [3.05, 3.63) is 34.5 Å². The van der Waals surface area contributed by atoms with Crippen LogP contribution in [0.3, 0.4) is 0 Å². The van der Waals surface area contributed by atoms with Crippen LogP contribution in [0.1, 0.15) is 22.5 Å². The van der Waals surface area contributed by atoms with Gasteiger partial charge in [-0.3, -0.25) is 0 Å². The fourth-order valence-electron chi connectivity index (χ4n) is 1.92. The molecular weight excluding hydrogens is 254 g/mol. The molecule has 94 valence electrons. The lowest BCUT2D eigenvalue weighted by Gasteiger charge is -2.01. The van der Waals surface area contributed by atoms with Gasteiger partial charge >= 0.3 is 5.97 Å². The number of halogens is 1. The second-order valence-corrected chi connectivity index (χ2v) is 4.34. The van der Waals surface area contributed by atoms with Crippen molar-refractivity contribution >= 4 is 34.8 Å². The fraction of sp³-hybridized carbons (Fsp3) is 0.231. The maximum absolute atomic E-state index is 11.5. The van der Waals surface area contributed by atoms with Crippen molar-refractivity contribution in [1.82, 2.24) is 4.98 Å². The minimum absolute atomic E-state index is 0.377. The third-order valence-corrected chi connectivity index (χ3v) is 2.94. The van der Waals surface area contributed by atoms with Crippen LogP contribution in [0.15, 0.2) is 18.2 Å². The number of aromatic amines is 1. The third-order valence-electron chi connectivity index (χ3n) is 2.73. The zero-order valence-electron chi connectivity index (χ0n) is 9.83. The number of H-pyrrole nitrogens is 1. The number of ether oxygens (including phenoxy) is 1. The first kappa shape index (κ1) is 12.6. The number of carbonyl (C=O) groups excluding carboxylic acids is 2. The molecule has 0 saturated heterocycles. The van der Waals surface area contributed by atoms with Crippen molar-refractivity contribution in [1.29, 1.82) is 0 Å². The van der Waals surface area contributed by atoms with Gasteiger partial charge in [0.25, 0.3) is 0 Å². The molecule has 0 radical (unpaired) electrons. The van der Waals surface area contributed by atoms with E-state index in [0.29, 0.717) is 23.6 Å². The summed E-state index contributed by atoms with van der Waals surface area (Å²) in [5.74, 6) is -0.427. The first-order chi connectivity index (χ1) is 8.65. The normalized spacial score (nSPS) is 10.6. The SMILES string of the molecule is COC(=O)c1cc2c(CCC=O)cc(Cl)cc2[nH]1. The predicted molar refractivity (Wildman–Crippen MR) is 69.0 cm³/mol. The van der Waals surface area contributed by atoms with Crippen LogP contribution in [0.4, 0.5) is 0 Å². The highest BCUT2D eigenvalue weighted by molar-refractivity contribution is 6.31. The van der Waals surface area contributed by atoms with Crippen LogP contribution >= 0.6 is 11.6 Å². The molecule has 5 heteroatoms. The fourth-order valence-corrected chi connectivity index (χ4v) is 2.16. The number of aldehydes is 1. The van der Waals surface area contributed by atoms with E-state index in [1.54, 1.807) is 12.1 Å². The van der Waals surface area contributed by atoms with Gasteiger partial charge in [0, 0.05) is 22.3 Å². The number of esters is 1. The molecule has 18 heavy (non-hydrogen) atoms. The maximum atomic E-state index is 11.5. The van der Waals surface area contributed by atoms with E-state index < -0.39 is 5.97 Å². The number of nitrogens with one attached hydrogen (secondary N) is 1. The summed E-state index contributed by atoms with van der Waals surface area (Å²) in [7, 11) is 1.33. The molecule has 0 bridgehead atoms. The summed E-state index contributed by atoms with van der Waals surface area (Å²) in [6.07, 6.45) is 1.88. The minimum atomic E-state index is -0.427. The molecule has 1 heterocycles. The Kier molecular flexibility index (Phi) is 3.67. The smallest absolute Gasteiger partial charge is 0.354 e. The summed E-state index contributed by atoms with van der Waals surface area (Å²) < 4.78 is 4.66. The summed E-state index contributed by atoms with van der Waals surface area (Å²) in [6, 6.07) is 5.27. The first-order valence-corrected chi connectivity index (χ1v) is 5.86. The lowest BCUT2D eigenvalue weighted by atomic mass is 10.1. The highest BCUT2D eigenvalue weighted by Crippen LogP contribution is 2.26. The zero-order valence-corrected chi connectivity index (χ0v) is 10.6. The molecule has 0 saturated carbocycles. The van der Waals surface area contributed by atoms with Gasteiger partial charge in [-0.1, -0.05) is 11.6 Å². The second kappa shape index (κ2) is 5.23. The van der Waals surface area contributed by atoms with Gasteiger partial charge in [-0.05, 0) is 30.2 Å². The molecular formula is C13H12ClNO3. The Morgan fingerprint density at radius 1 is 1.44 bits per heavy atom. The molecule has 0 aliphatic carbocycles. The van der Waals surface area contributed by atoms with E-state index in [9.17, 15) is 9.59 Å². The highest BCUT2D eigenvalue weighted by atomic mass is 35.5. The average Bonchev–Trinajstić information content (AvgIpc) is 2.78. The molecule has 0 aliphatic heterocycles. The molecule has 4 nitrogen and oxygen atoms in total. The van der Waals surface area contributed by atoms with E-state index in [0.717, 1.165) is 22.8 Å². The van der Waals surface area contributed by atoms with Crippen LogP contribution in [0.5, 0.6) is 0 Å². The van der Waals surface area contributed by atoms with E-state index in [4.69, 9.17) is 11.6 Å². The monoisotopic (exact) mass is 265 g/mol. The first-order valence-electron chi connectivity index (χ1n) is 5.49. The van der Waals surface area contributed by atoms with Gasteiger partial charge < -0.3 is 14.5 Å². The van der Waals surface area contributed by atoms with E-state index in [1.165, 1.54) is 7.11 Å². The number of fused-ring (bicyclic) bond motifs is 1. The summed E-state index contributed by atoms with van der Waals surface area (Å²) in [5, 5.41) is 1.46. The molecule has 0 aliphatic rings. The number of methoxy groups -OCH3 is 1. The van der Waals surface area contributed by atoms with E-state index in [1.807, 2.05) is 6.07 Å². The lowest BCUT2D eigenvalue weighted by Crippen LogP contribution is -2.00.